The molecule has 2 heteroatoms. The molecule has 1 aliphatic heterocycles. The van der Waals surface area contributed by atoms with Crippen LogP contribution in [0.25, 0.3) is 0 Å². The van der Waals surface area contributed by atoms with Gasteiger partial charge in [-0.05, 0) is 67.8 Å². The zero-order valence-electron chi connectivity index (χ0n) is 15.0. The third kappa shape index (κ3) is 3.80. The lowest BCUT2D eigenvalue weighted by Gasteiger charge is -2.34. The lowest BCUT2D eigenvalue weighted by molar-refractivity contribution is 0.0545. The van der Waals surface area contributed by atoms with Crippen molar-refractivity contribution < 1.29 is 5.11 Å². The minimum Gasteiger partial charge on any atom is -0.380 e. The first-order valence-corrected chi connectivity index (χ1v) is 9.86. The molecule has 2 nitrogen and oxygen atoms in total. The van der Waals surface area contributed by atoms with Crippen molar-refractivity contribution in [3.05, 3.63) is 71.3 Å². The molecule has 0 unspecified atom stereocenters. The first kappa shape index (κ1) is 16.8. The predicted octanol–water partition coefficient (Wildman–Crippen LogP) is 4.68. The van der Waals surface area contributed by atoms with Crippen molar-refractivity contribution in [1.29, 1.82) is 0 Å². The second-order valence-corrected chi connectivity index (χ2v) is 7.77. The third-order valence-corrected chi connectivity index (χ3v) is 5.93. The molecule has 1 aliphatic carbocycles. The van der Waals surface area contributed by atoms with Gasteiger partial charge in [-0.15, -0.1) is 0 Å². The van der Waals surface area contributed by atoms with Crippen LogP contribution < -0.4 is 0 Å². The van der Waals surface area contributed by atoms with E-state index in [1.807, 2.05) is 18.2 Å². The topological polar surface area (TPSA) is 23.5 Å². The summed E-state index contributed by atoms with van der Waals surface area (Å²) in [6.45, 7) is 3.30. The van der Waals surface area contributed by atoms with Gasteiger partial charge in [0.15, 0.2) is 0 Å². The molecule has 2 aromatic rings. The quantitative estimate of drug-likeness (QED) is 0.829. The maximum atomic E-state index is 11.7. The van der Waals surface area contributed by atoms with Crippen molar-refractivity contribution in [2.45, 2.75) is 50.0 Å². The van der Waals surface area contributed by atoms with Crippen molar-refractivity contribution in [1.82, 2.24) is 4.90 Å². The van der Waals surface area contributed by atoms with Crippen LogP contribution in [0.3, 0.4) is 0 Å². The van der Waals surface area contributed by atoms with Crippen LogP contribution >= 0.6 is 0 Å². The van der Waals surface area contributed by atoms with E-state index in [0.29, 0.717) is 0 Å². The van der Waals surface area contributed by atoms with Gasteiger partial charge in [0.25, 0.3) is 0 Å². The van der Waals surface area contributed by atoms with Crippen molar-refractivity contribution in [3.8, 4) is 0 Å². The van der Waals surface area contributed by atoms with E-state index in [2.05, 4.69) is 41.3 Å². The molecule has 2 aromatic carbocycles. The SMILES string of the molecule is O[C@](CCN1CCCCC1)(c1ccccc1)c1ccc(C2CC2)cc1. The van der Waals surface area contributed by atoms with Gasteiger partial charge in [-0.2, -0.15) is 0 Å². The molecule has 4 rings (SSSR count). The molecular formula is C23H29NO. The summed E-state index contributed by atoms with van der Waals surface area (Å²) in [6, 6.07) is 18.9. The summed E-state index contributed by atoms with van der Waals surface area (Å²) in [7, 11) is 0. The Morgan fingerprint density at radius 1 is 0.840 bits per heavy atom. The Morgan fingerprint density at radius 2 is 1.48 bits per heavy atom. The van der Waals surface area contributed by atoms with Crippen LogP contribution in [0.1, 0.15) is 61.1 Å². The number of hydrogen-bond acceptors (Lipinski definition) is 2. The highest BCUT2D eigenvalue weighted by Crippen LogP contribution is 2.41. The van der Waals surface area contributed by atoms with Gasteiger partial charge in [-0.3, -0.25) is 0 Å². The maximum Gasteiger partial charge on any atom is 0.116 e. The van der Waals surface area contributed by atoms with E-state index in [1.165, 1.54) is 50.8 Å². The van der Waals surface area contributed by atoms with E-state index >= 15 is 0 Å². The van der Waals surface area contributed by atoms with E-state index in [0.717, 1.165) is 30.0 Å². The molecule has 2 aliphatic rings. The zero-order valence-corrected chi connectivity index (χ0v) is 15.0. The van der Waals surface area contributed by atoms with Crippen LogP contribution in [0.5, 0.6) is 0 Å². The van der Waals surface area contributed by atoms with Crippen LogP contribution in [-0.4, -0.2) is 29.6 Å². The summed E-state index contributed by atoms with van der Waals surface area (Å²) in [5.41, 5.74) is 2.56. The highest BCUT2D eigenvalue weighted by Gasteiger charge is 2.32. The fourth-order valence-electron chi connectivity index (χ4n) is 4.12. The molecule has 2 fully saturated rings. The van der Waals surface area contributed by atoms with E-state index < -0.39 is 5.60 Å². The number of nitrogens with zero attached hydrogens (tertiary/aromatic N) is 1. The number of benzene rings is 2. The van der Waals surface area contributed by atoms with E-state index in [1.54, 1.807) is 0 Å². The highest BCUT2D eigenvalue weighted by molar-refractivity contribution is 5.38. The molecule has 0 aromatic heterocycles. The normalized spacial score (nSPS) is 21.0. The van der Waals surface area contributed by atoms with Gasteiger partial charge in [0.1, 0.15) is 5.60 Å². The van der Waals surface area contributed by atoms with Crippen molar-refractivity contribution in [2.75, 3.05) is 19.6 Å². The van der Waals surface area contributed by atoms with Crippen LogP contribution in [0.4, 0.5) is 0 Å². The van der Waals surface area contributed by atoms with Crippen LogP contribution in [0.2, 0.25) is 0 Å². The summed E-state index contributed by atoms with van der Waals surface area (Å²) in [6.07, 6.45) is 7.32. The maximum absolute atomic E-state index is 11.7. The van der Waals surface area contributed by atoms with Crippen molar-refractivity contribution in [2.24, 2.45) is 0 Å². The highest BCUT2D eigenvalue weighted by atomic mass is 16.3. The van der Waals surface area contributed by atoms with Gasteiger partial charge in [0.2, 0.25) is 0 Å². The minimum atomic E-state index is -0.902. The van der Waals surface area contributed by atoms with Gasteiger partial charge < -0.3 is 10.0 Å². The lowest BCUT2D eigenvalue weighted by atomic mass is 9.83. The summed E-state index contributed by atoms with van der Waals surface area (Å²) >= 11 is 0. The molecule has 1 atom stereocenters. The second-order valence-electron chi connectivity index (χ2n) is 7.77. The standard InChI is InChI=1S/C23H29NO/c25-23(21-7-3-1-4-8-21,15-18-24-16-5-2-6-17-24)22-13-11-20(12-14-22)19-9-10-19/h1,3-4,7-8,11-14,19,25H,2,5-6,9-10,15-18H2/t23-/m1/s1. The van der Waals surface area contributed by atoms with Gasteiger partial charge in [0, 0.05) is 6.54 Å². The molecule has 1 heterocycles. The molecule has 0 bridgehead atoms. The van der Waals surface area contributed by atoms with Gasteiger partial charge >= 0.3 is 0 Å². The number of likely N-dealkylation sites (tertiary alicyclic amines) is 1. The van der Waals surface area contributed by atoms with Crippen LogP contribution in [0.15, 0.2) is 54.6 Å². The monoisotopic (exact) mass is 335 g/mol. The molecular weight excluding hydrogens is 306 g/mol. The Hall–Kier alpha value is -1.64. The average molecular weight is 335 g/mol. The third-order valence-electron chi connectivity index (χ3n) is 5.93. The Labute approximate surface area is 151 Å². The van der Waals surface area contributed by atoms with Crippen LogP contribution in [-0.2, 0) is 5.60 Å². The number of hydrogen-bond donors (Lipinski definition) is 1. The number of rotatable bonds is 6. The van der Waals surface area contributed by atoms with E-state index in [-0.39, 0.29) is 0 Å². The first-order valence-electron chi connectivity index (χ1n) is 9.86. The fourth-order valence-corrected chi connectivity index (χ4v) is 4.12. The zero-order chi connectivity index (χ0) is 17.1. The molecule has 0 spiro atoms. The molecule has 1 saturated heterocycles. The number of aliphatic hydroxyl groups is 1. The average Bonchev–Trinajstić information content (AvgIpc) is 3.53. The Bertz CT molecular complexity index is 671. The molecule has 25 heavy (non-hydrogen) atoms. The predicted molar refractivity (Wildman–Crippen MR) is 103 cm³/mol. The minimum absolute atomic E-state index is 0.750. The molecule has 132 valence electrons. The smallest absolute Gasteiger partial charge is 0.116 e. The largest absolute Gasteiger partial charge is 0.380 e. The molecule has 1 N–H and O–H groups in total. The second kappa shape index (κ2) is 7.31. The van der Waals surface area contributed by atoms with Gasteiger partial charge in [-0.1, -0.05) is 61.0 Å². The molecule has 0 radical (unpaired) electrons. The molecule has 1 saturated carbocycles. The lowest BCUT2D eigenvalue weighted by Crippen LogP contribution is -2.36. The number of piperidine rings is 1. The Balaban J connectivity index is 1.58. The van der Waals surface area contributed by atoms with Crippen molar-refractivity contribution in [3.63, 3.8) is 0 Å². The molecule has 0 amide bonds. The summed E-state index contributed by atoms with van der Waals surface area (Å²) in [4.78, 5) is 2.51. The van der Waals surface area contributed by atoms with Crippen molar-refractivity contribution >= 4 is 0 Å². The summed E-state index contributed by atoms with van der Waals surface area (Å²) < 4.78 is 0. The van der Waals surface area contributed by atoms with Crippen LogP contribution in [0, 0.1) is 0 Å². The fraction of sp³-hybridized carbons (Fsp3) is 0.478. The van der Waals surface area contributed by atoms with Gasteiger partial charge in [0.05, 0.1) is 0 Å². The van der Waals surface area contributed by atoms with E-state index in [9.17, 15) is 5.11 Å². The summed E-state index contributed by atoms with van der Waals surface area (Å²) in [5.74, 6) is 0.757. The Morgan fingerprint density at radius 3 is 2.12 bits per heavy atom. The van der Waals surface area contributed by atoms with E-state index in [4.69, 9.17) is 0 Å². The summed E-state index contributed by atoms with van der Waals surface area (Å²) in [5, 5.41) is 11.7. The Kier molecular flexibility index (Phi) is 4.91. The van der Waals surface area contributed by atoms with Gasteiger partial charge in [-0.25, -0.2) is 0 Å². The first-order chi connectivity index (χ1) is 12.3.